The van der Waals surface area contributed by atoms with Gasteiger partial charge in [-0.2, -0.15) is 0 Å². The van der Waals surface area contributed by atoms with Gasteiger partial charge in [-0.25, -0.2) is 4.98 Å². The minimum atomic E-state index is -0.0340. The van der Waals surface area contributed by atoms with Crippen LogP contribution in [0.3, 0.4) is 0 Å². The van der Waals surface area contributed by atoms with Crippen molar-refractivity contribution in [3.63, 3.8) is 0 Å². The van der Waals surface area contributed by atoms with Crippen molar-refractivity contribution in [1.29, 1.82) is 0 Å². The van der Waals surface area contributed by atoms with Crippen LogP contribution in [-0.2, 0) is 17.6 Å². The number of nitrogens with zero attached hydrogens (tertiary/aromatic N) is 3. The highest BCUT2D eigenvalue weighted by Crippen LogP contribution is 2.25. The fourth-order valence-corrected chi connectivity index (χ4v) is 4.32. The Kier molecular flexibility index (Phi) is 7.68. The van der Waals surface area contributed by atoms with Crippen molar-refractivity contribution in [2.45, 2.75) is 40.0 Å². The second-order valence-corrected chi connectivity index (χ2v) is 9.75. The fraction of sp³-hybridized carbons (Fsp3) is 0.429. The number of anilines is 2. The smallest absolute Gasteiger partial charge is 0.224 e. The molecule has 1 saturated heterocycles. The Balaban J connectivity index is 1.29. The molecule has 0 radical (unpaired) electrons. The van der Waals surface area contributed by atoms with Crippen molar-refractivity contribution >= 4 is 17.3 Å². The van der Waals surface area contributed by atoms with Gasteiger partial charge >= 0.3 is 0 Å². The number of carbonyl (C=O) groups is 1. The number of amides is 1. The van der Waals surface area contributed by atoms with E-state index in [4.69, 9.17) is 4.42 Å². The lowest BCUT2D eigenvalue weighted by molar-refractivity contribution is -0.116. The van der Waals surface area contributed by atoms with E-state index in [0.717, 1.165) is 55.2 Å². The van der Waals surface area contributed by atoms with E-state index in [1.54, 1.807) is 6.20 Å². The third kappa shape index (κ3) is 6.26. The lowest BCUT2D eigenvalue weighted by atomic mass is 10.0. The normalized spacial score (nSPS) is 14.6. The van der Waals surface area contributed by atoms with Crippen LogP contribution in [0.4, 0.5) is 11.4 Å². The fourth-order valence-electron chi connectivity index (χ4n) is 4.32. The average Bonchev–Trinajstić information content (AvgIpc) is 3.29. The van der Waals surface area contributed by atoms with Gasteiger partial charge in [0.2, 0.25) is 5.91 Å². The third-order valence-corrected chi connectivity index (χ3v) is 6.35. The minimum Gasteiger partial charge on any atom is -0.441 e. The van der Waals surface area contributed by atoms with Crippen LogP contribution in [-0.4, -0.2) is 49.0 Å². The molecule has 4 rings (SSSR count). The van der Waals surface area contributed by atoms with Crippen LogP contribution in [0, 0.1) is 12.8 Å². The standard InChI is InChI=1S/C28H36N4O2/c1-20(2)17-22-5-7-23(8-6-22)26-19-29-28(34-26)12-11-27(33)30-25-10-9-24(18-21(25)3)32-15-13-31(4)14-16-32/h5-10,18-20H,11-17H2,1-4H3,(H,30,33). The predicted molar refractivity (Wildman–Crippen MR) is 138 cm³/mol. The number of hydrogen-bond donors (Lipinski definition) is 1. The van der Waals surface area contributed by atoms with Gasteiger partial charge in [0, 0.05) is 56.0 Å². The lowest BCUT2D eigenvalue weighted by Gasteiger charge is -2.34. The first-order valence-corrected chi connectivity index (χ1v) is 12.3. The molecule has 1 fully saturated rings. The molecule has 1 aromatic heterocycles. The first-order chi connectivity index (χ1) is 16.4. The topological polar surface area (TPSA) is 61.6 Å². The highest BCUT2D eigenvalue weighted by Gasteiger charge is 2.16. The summed E-state index contributed by atoms with van der Waals surface area (Å²) in [5, 5.41) is 3.04. The number of oxazole rings is 1. The zero-order chi connectivity index (χ0) is 24.1. The zero-order valence-corrected chi connectivity index (χ0v) is 20.8. The molecule has 0 bridgehead atoms. The van der Waals surface area contributed by atoms with Gasteiger partial charge in [0.15, 0.2) is 11.7 Å². The first-order valence-electron chi connectivity index (χ1n) is 12.3. The van der Waals surface area contributed by atoms with Crippen molar-refractivity contribution < 1.29 is 9.21 Å². The van der Waals surface area contributed by atoms with E-state index in [-0.39, 0.29) is 5.91 Å². The minimum absolute atomic E-state index is 0.0340. The summed E-state index contributed by atoms with van der Waals surface area (Å²) in [6.45, 7) is 10.7. The molecule has 0 unspecified atom stereocenters. The largest absolute Gasteiger partial charge is 0.441 e. The van der Waals surface area contributed by atoms with Crippen LogP contribution < -0.4 is 10.2 Å². The Hall–Kier alpha value is -3.12. The van der Waals surface area contributed by atoms with Gasteiger partial charge in [0.1, 0.15) is 0 Å². The van der Waals surface area contributed by atoms with Gasteiger partial charge in [0.05, 0.1) is 6.20 Å². The van der Waals surface area contributed by atoms with Crippen LogP contribution in [0.2, 0.25) is 0 Å². The molecule has 1 amide bonds. The van der Waals surface area contributed by atoms with Crippen molar-refractivity contribution in [3.05, 3.63) is 65.7 Å². The average molecular weight is 461 g/mol. The molecule has 1 N–H and O–H groups in total. The molecule has 2 aromatic carbocycles. The number of rotatable bonds is 8. The van der Waals surface area contributed by atoms with Gasteiger partial charge in [-0.1, -0.05) is 38.1 Å². The van der Waals surface area contributed by atoms with Gasteiger partial charge in [-0.15, -0.1) is 0 Å². The van der Waals surface area contributed by atoms with Crippen molar-refractivity contribution in [2.24, 2.45) is 5.92 Å². The molecule has 1 aliphatic heterocycles. The molecule has 0 aliphatic carbocycles. The van der Waals surface area contributed by atoms with Crippen LogP contribution in [0.1, 0.15) is 37.3 Å². The van der Waals surface area contributed by atoms with Gasteiger partial charge in [0.25, 0.3) is 0 Å². The predicted octanol–water partition coefficient (Wildman–Crippen LogP) is 5.17. The van der Waals surface area contributed by atoms with Crippen molar-refractivity contribution in [3.8, 4) is 11.3 Å². The number of carbonyl (C=O) groups excluding carboxylic acids is 1. The molecule has 2 heterocycles. The maximum Gasteiger partial charge on any atom is 0.224 e. The zero-order valence-electron chi connectivity index (χ0n) is 20.8. The summed E-state index contributed by atoms with van der Waals surface area (Å²) < 4.78 is 5.91. The van der Waals surface area contributed by atoms with E-state index in [1.165, 1.54) is 11.3 Å². The number of aryl methyl sites for hydroxylation is 2. The number of hydrogen-bond acceptors (Lipinski definition) is 5. The number of nitrogens with one attached hydrogen (secondary N) is 1. The van der Waals surface area contributed by atoms with E-state index in [0.29, 0.717) is 24.7 Å². The van der Waals surface area contributed by atoms with Crippen LogP contribution in [0.15, 0.2) is 53.1 Å². The van der Waals surface area contributed by atoms with Crippen molar-refractivity contribution in [2.75, 3.05) is 43.4 Å². The van der Waals surface area contributed by atoms with Crippen molar-refractivity contribution in [1.82, 2.24) is 9.88 Å². The Labute approximate surface area is 203 Å². The van der Waals surface area contributed by atoms with E-state index in [9.17, 15) is 4.79 Å². The van der Waals surface area contributed by atoms with E-state index in [2.05, 4.69) is 77.4 Å². The summed E-state index contributed by atoms with van der Waals surface area (Å²) in [7, 11) is 2.16. The molecule has 6 heteroatoms. The van der Waals surface area contributed by atoms with E-state index in [1.807, 2.05) is 13.0 Å². The molecule has 34 heavy (non-hydrogen) atoms. The molecule has 1 aliphatic rings. The first kappa shape index (κ1) is 24.0. The molecule has 6 nitrogen and oxygen atoms in total. The Bertz CT molecular complexity index is 1100. The van der Waals surface area contributed by atoms with Crippen LogP contribution >= 0.6 is 0 Å². The second-order valence-electron chi connectivity index (χ2n) is 9.75. The Morgan fingerprint density at radius 3 is 2.50 bits per heavy atom. The highest BCUT2D eigenvalue weighted by atomic mass is 16.4. The molecule has 3 aromatic rings. The maximum absolute atomic E-state index is 12.6. The van der Waals surface area contributed by atoms with E-state index >= 15 is 0 Å². The van der Waals surface area contributed by atoms with Crippen LogP contribution in [0.25, 0.3) is 11.3 Å². The number of aromatic nitrogens is 1. The highest BCUT2D eigenvalue weighted by molar-refractivity contribution is 5.91. The number of likely N-dealkylation sites (N-methyl/N-ethyl adjacent to an activating group) is 1. The molecule has 0 saturated carbocycles. The Morgan fingerprint density at radius 1 is 1.09 bits per heavy atom. The number of benzene rings is 2. The van der Waals surface area contributed by atoms with Crippen LogP contribution in [0.5, 0.6) is 0 Å². The SMILES string of the molecule is Cc1cc(N2CCN(C)CC2)ccc1NC(=O)CCc1ncc(-c2ccc(CC(C)C)cc2)o1. The molecule has 0 spiro atoms. The molecular formula is C28H36N4O2. The quantitative estimate of drug-likeness (QED) is 0.502. The summed E-state index contributed by atoms with van der Waals surface area (Å²) in [5.74, 6) is 1.92. The van der Waals surface area contributed by atoms with Gasteiger partial charge in [-0.05, 0) is 55.6 Å². The lowest BCUT2D eigenvalue weighted by Crippen LogP contribution is -2.44. The number of piperazine rings is 1. The maximum atomic E-state index is 12.6. The summed E-state index contributed by atoms with van der Waals surface area (Å²) >= 11 is 0. The second kappa shape index (κ2) is 10.9. The van der Waals surface area contributed by atoms with Gasteiger partial charge in [-0.3, -0.25) is 4.79 Å². The van der Waals surface area contributed by atoms with Gasteiger partial charge < -0.3 is 19.5 Å². The monoisotopic (exact) mass is 460 g/mol. The third-order valence-electron chi connectivity index (χ3n) is 6.35. The molecular weight excluding hydrogens is 424 g/mol. The summed E-state index contributed by atoms with van der Waals surface area (Å²) in [6.07, 6.45) is 3.60. The molecule has 180 valence electrons. The summed E-state index contributed by atoms with van der Waals surface area (Å²) in [4.78, 5) is 21.7. The molecule has 0 atom stereocenters. The summed E-state index contributed by atoms with van der Waals surface area (Å²) in [5.41, 5.74) is 5.48. The summed E-state index contributed by atoms with van der Waals surface area (Å²) in [6, 6.07) is 14.7. The van der Waals surface area contributed by atoms with E-state index < -0.39 is 0 Å². The Morgan fingerprint density at radius 2 is 1.82 bits per heavy atom.